The Labute approximate surface area is 95.9 Å². The van der Waals surface area contributed by atoms with Gasteiger partial charge >= 0.3 is 6.18 Å². The van der Waals surface area contributed by atoms with Crippen LogP contribution in [0.4, 0.5) is 13.2 Å². The summed E-state index contributed by atoms with van der Waals surface area (Å²) in [5.74, 6) is 0.0987. The average Bonchev–Trinajstić information content (AvgIpc) is 2.68. The van der Waals surface area contributed by atoms with E-state index >= 15 is 0 Å². The van der Waals surface area contributed by atoms with E-state index < -0.39 is 11.9 Å². The molecule has 0 bridgehead atoms. The molecule has 1 heterocycles. The van der Waals surface area contributed by atoms with Crippen molar-refractivity contribution in [1.29, 1.82) is 0 Å². The maximum atomic E-state index is 12.5. The van der Waals surface area contributed by atoms with E-state index in [9.17, 15) is 13.2 Å². The van der Waals surface area contributed by atoms with E-state index in [1.165, 1.54) is 0 Å². The van der Waals surface area contributed by atoms with Gasteiger partial charge in [0, 0.05) is 11.6 Å². The first-order chi connectivity index (χ1) is 7.47. The van der Waals surface area contributed by atoms with Crippen LogP contribution in [-0.2, 0) is 6.18 Å². The summed E-state index contributed by atoms with van der Waals surface area (Å²) in [6.07, 6.45) is -0.628. The molecule has 0 saturated heterocycles. The lowest BCUT2D eigenvalue weighted by Gasteiger charge is -2.11. The quantitative estimate of drug-likeness (QED) is 0.709. The molecule has 1 fully saturated rings. The van der Waals surface area contributed by atoms with Crippen LogP contribution in [0.2, 0.25) is 5.28 Å². The molecule has 0 atom stereocenters. The van der Waals surface area contributed by atoms with E-state index in [0.29, 0.717) is 5.69 Å². The number of aromatic nitrogens is 2. The highest BCUT2D eigenvalue weighted by Crippen LogP contribution is 2.36. The van der Waals surface area contributed by atoms with Crippen LogP contribution in [0, 0.1) is 0 Å². The summed E-state index contributed by atoms with van der Waals surface area (Å²) in [6.45, 7) is 0. The molecule has 2 rings (SSSR count). The summed E-state index contributed by atoms with van der Waals surface area (Å²) in [5.41, 5.74) is -0.528. The van der Waals surface area contributed by atoms with Gasteiger partial charge in [-0.1, -0.05) is 12.8 Å². The van der Waals surface area contributed by atoms with Gasteiger partial charge in [-0.05, 0) is 30.5 Å². The Morgan fingerprint density at radius 2 is 1.81 bits per heavy atom. The predicted molar refractivity (Wildman–Crippen MR) is 53.3 cm³/mol. The summed E-state index contributed by atoms with van der Waals surface area (Å²) in [6, 6.07) is 1.02. The molecule has 0 spiro atoms. The Hall–Kier alpha value is -0.840. The second-order valence-corrected chi connectivity index (χ2v) is 4.26. The van der Waals surface area contributed by atoms with Crippen molar-refractivity contribution in [2.75, 3.05) is 0 Å². The maximum absolute atomic E-state index is 12.5. The van der Waals surface area contributed by atoms with Gasteiger partial charge in [-0.3, -0.25) is 0 Å². The van der Waals surface area contributed by atoms with E-state index in [4.69, 9.17) is 11.6 Å². The van der Waals surface area contributed by atoms with E-state index in [0.717, 1.165) is 31.7 Å². The molecule has 1 aliphatic rings. The molecule has 0 N–H and O–H groups in total. The van der Waals surface area contributed by atoms with Crippen LogP contribution in [0.1, 0.15) is 43.0 Å². The standard InChI is InChI=1S/C10H10ClF3N2/c11-9-15-7(6-3-1-2-4-6)5-8(16-9)10(12,13)14/h5-6H,1-4H2. The molecular formula is C10H10ClF3N2. The van der Waals surface area contributed by atoms with Crippen LogP contribution >= 0.6 is 11.6 Å². The van der Waals surface area contributed by atoms with Crippen LogP contribution in [0.15, 0.2) is 6.07 Å². The minimum Gasteiger partial charge on any atom is -0.223 e. The number of hydrogen-bond acceptors (Lipinski definition) is 2. The lowest BCUT2D eigenvalue weighted by molar-refractivity contribution is -0.141. The summed E-state index contributed by atoms with van der Waals surface area (Å²) in [5, 5.41) is -0.322. The van der Waals surface area contributed by atoms with Crippen molar-refractivity contribution in [2.45, 2.75) is 37.8 Å². The molecule has 0 aromatic carbocycles. The van der Waals surface area contributed by atoms with Crippen LogP contribution in [0.25, 0.3) is 0 Å². The number of rotatable bonds is 1. The van der Waals surface area contributed by atoms with Gasteiger partial charge in [0.1, 0.15) is 5.69 Å². The fourth-order valence-corrected chi connectivity index (χ4v) is 2.20. The first kappa shape index (κ1) is 11.6. The minimum absolute atomic E-state index is 0.0987. The smallest absolute Gasteiger partial charge is 0.223 e. The third-order valence-corrected chi connectivity index (χ3v) is 2.95. The number of halogens is 4. The highest BCUT2D eigenvalue weighted by Gasteiger charge is 2.34. The Kier molecular flexibility index (Phi) is 3.06. The van der Waals surface area contributed by atoms with Crippen molar-refractivity contribution >= 4 is 11.6 Å². The highest BCUT2D eigenvalue weighted by atomic mass is 35.5. The van der Waals surface area contributed by atoms with Crippen molar-refractivity contribution in [1.82, 2.24) is 9.97 Å². The SMILES string of the molecule is FC(F)(F)c1cc(C2CCCC2)nc(Cl)n1. The first-order valence-corrected chi connectivity index (χ1v) is 5.46. The van der Waals surface area contributed by atoms with Crippen molar-refractivity contribution in [2.24, 2.45) is 0 Å². The molecule has 1 aromatic heterocycles. The van der Waals surface area contributed by atoms with Gasteiger partial charge in [-0.2, -0.15) is 13.2 Å². The van der Waals surface area contributed by atoms with Crippen LogP contribution in [-0.4, -0.2) is 9.97 Å². The van der Waals surface area contributed by atoms with Gasteiger partial charge in [0.15, 0.2) is 0 Å². The third-order valence-electron chi connectivity index (χ3n) is 2.78. The van der Waals surface area contributed by atoms with Gasteiger partial charge in [-0.15, -0.1) is 0 Å². The maximum Gasteiger partial charge on any atom is 0.433 e. The molecule has 0 radical (unpaired) electrons. The molecule has 16 heavy (non-hydrogen) atoms. The summed E-state index contributed by atoms with van der Waals surface area (Å²) < 4.78 is 37.5. The Bertz CT molecular complexity index is 386. The molecule has 6 heteroatoms. The topological polar surface area (TPSA) is 25.8 Å². The summed E-state index contributed by atoms with van der Waals surface area (Å²) in [4.78, 5) is 7.09. The predicted octanol–water partition coefficient (Wildman–Crippen LogP) is 3.81. The van der Waals surface area contributed by atoms with E-state index in [1.807, 2.05) is 0 Å². The number of alkyl halides is 3. The first-order valence-electron chi connectivity index (χ1n) is 5.08. The van der Waals surface area contributed by atoms with Gasteiger partial charge in [0.2, 0.25) is 5.28 Å². The lowest BCUT2D eigenvalue weighted by atomic mass is 10.0. The molecule has 0 unspecified atom stereocenters. The second kappa shape index (κ2) is 4.20. The molecule has 88 valence electrons. The zero-order chi connectivity index (χ0) is 11.8. The van der Waals surface area contributed by atoms with E-state index in [2.05, 4.69) is 9.97 Å². The third kappa shape index (κ3) is 2.45. The number of nitrogens with zero attached hydrogens (tertiary/aromatic N) is 2. The van der Waals surface area contributed by atoms with Crippen molar-refractivity contribution < 1.29 is 13.2 Å². The molecule has 1 aromatic rings. The van der Waals surface area contributed by atoms with Crippen LogP contribution in [0.5, 0.6) is 0 Å². The molecule has 2 nitrogen and oxygen atoms in total. The lowest BCUT2D eigenvalue weighted by Crippen LogP contribution is -2.11. The second-order valence-electron chi connectivity index (χ2n) is 3.93. The fourth-order valence-electron chi connectivity index (χ4n) is 2.01. The van der Waals surface area contributed by atoms with Crippen LogP contribution in [0.3, 0.4) is 0 Å². The van der Waals surface area contributed by atoms with Crippen LogP contribution < -0.4 is 0 Å². The van der Waals surface area contributed by atoms with Gasteiger partial charge in [0.25, 0.3) is 0 Å². The van der Waals surface area contributed by atoms with E-state index in [-0.39, 0.29) is 11.2 Å². The molecule has 1 saturated carbocycles. The van der Waals surface area contributed by atoms with Gasteiger partial charge in [-0.25, -0.2) is 9.97 Å². The minimum atomic E-state index is -4.46. The zero-order valence-corrected chi connectivity index (χ0v) is 9.15. The Morgan fingerprint density at radius 1 is 1.19 bits per heavy atom. The molecule has 0 aliphatic heterocycles. The highest BCUT2D eigenvalue weighted by molar-refractivity contribution is 6.28. The largest absolute Gasteiger partial charge is 0.433 e. The monoisotopic (exact) mass is 250 g/mol. The summed E-state index contributed by atoms with van der Waals surface area (Å²) >= 11 is 5.51. The van der Waals surface area contributed by atoms with Gasteiger partial charge in [0.05, 0.1) is 0 Å². The average molecular weight is 251 g/mol. The normalized spacial score (nSPS) is 18.0. The number of hydrogen-bond donors (Lipinski definition) is 0. The van der Waals surface area contributed by atoms with Crippen molar-refractivity contribution in [3.05, 3.63) is 22.7 Å². The summed E-state index contributed by atoms with van der Waals surface area (Å²) in [7, 11) is 0. The molecular weight excluding hydrogens is 241 g/mol. The van der Waals surface area contributed by atoms with E-state index in [1.54, 1.807) is 0 Å². The zero-order valence-electron chi connectivity index (χ0n) is 8.39. The van der Waals surface area contributed by atoms with Crippen molar-refractivity contribution in [3.8, 4) is 0 Å². The molecule has 0 amide bonds. The van der Waals surface area contributed by atoms with Gasteiger partial charge < -0.3 is 0 Å². The van der Waals surface area contributed by atoms with Crippen molar-refractivity contribution in [3.63, 3.8) is 0 Å². The fraction of sp³-hybridized carbons (Fsp3) is 0.600. The molecule has 1 aliphatic carbocycles. The Balaban J connectivity index is 2.35. The Morgan fingerprint density at radius 3 is 2.38 bits per heavy atom.